The number of hydrazine groups is 1. The van der Waals surface area contributed by atoms with Gasteiger partial charge in [-0.1, -0.05) is 17.4 Å². The van der Waals surface area contributed by atoms with Gasteiger partial charge in [0.25, 0.3) is 5.91 Å². The minimum absolute atomic E-state index is 0.199. The molecule has 0 saturated carbocycles. The van der Waals surface area contributed by atoms with Gasteiger partial charge in [0.2, 0.25) is 0 Å². The normalized spacial score (nSPS) is 10.6. The van der Waals surface area contributed by atoms with Gasteiger partial charge in [0.15, 0.2) is 16.6 Å². The number of carbonyl (C=O) groups excluding carboxylic acids is 1. The second-order valence-electron chi connectivity index (χ2n) is 4.39. The molecule has 2 aromatic heterocycles. The summed E-state index contributed by atoms with van der Waals surface area (Å²) in [6.07, 6.45) is 0. The molecule has 0 bridgehead atoms. The van der Waals surface area contributed by atoms with Gasteiger partial charge in [-0.15, -0.1) is 10.2 Å². The maximum absolute atomic E-state index is 12.1. The van der Waals surface area contributed by atoms with Gasteiger partial charge < -0.3 is 5.43 Å². The Labute approximate surface area is 124 Å². The first kappa shape index (κ1) is 13.4. The average Bonchev–Trinajstić information content (AvgIpc) is 2.88. The van der Waals surface area contributed by atoms with E-state index >= 15 is 0 Å². The highest BCUT2D eigenvalue weighted by Crippen LogP contribution is 2.26. The number of nitrogens with two attached hydrogens (primary N) is 1. The summed E-state index contributed by atoms with van der Waals surface area (Å²) in [6.45, 7) is 2.01. The molecule has 3 aromatic rings. The number of fused-ring (bicyclic) bond motifs is 1. The van der Waals surface area contributed by atoms with Crippen molar-refractivity contribution < 1.29 is 4.79 Å². The minimum atomic E-state index is -0.359. The molecule has 0 aliphatic carbocycles. The number of amides is 1. The van der Waals surface area contributed by atoms with E-state index in [1.807, 2.05) is 25.1 Å². The van der Waals surface area contributed by atoms with E-state index in [0.717, 1.165) is 15.8 Å². The predicted octanol–water partition coefficient (Wildman–Crippen LogP) is 1.93. The van der Waals surface area contributed by atoms with Gasteiger partial charge in [-0.05, 0) is 36.8 Å². The molecule has 0 atom stereocenters. The van der Waals surface area contributed by atoms with E-state index in [1.165, 1.54) is 17.4 Å². The number of aryl methyl sites for hydroxylation is 1. The van der Waals surface area contributed by atoms with Crippen molar-refractivity contribution in [2.75, 3.05) is 10.7 Å². The molecule has 4 N–H and O–H groups in total. The van der Waals surface area contributed by atoms with Crippen molar-refractivity contribution in [3.8, 4) is 0 Å². The topological polar surface area (TPSA) is 106 Å². The zero-order valence-corrected chi connectivity index (χ0v) is 11.9. The molecule has 0 spiro atoms. The number of hydrogen-bond acceptors (Lipinski definition) is 7. The molecule has 0 fully saturated rings. The van der Waals surface area contributed by atoms with Crippen molar-refractivity contribution in [2.45, 2.75) is 6.92 Å². The number of anilines is 2. The molecule has 7 nitrogen and oxygen atoms in total. The van der Waals surface area contributed by atoms with Crippen LogP contribution in [0, 0.1) is 6.92 Å². The SMILES string of the molecule is Cc1ccc2nc(NC(=O)c3ccc(NN)nn3)sc2c1. The van der Waals surface area contributed by atoms with Gasteiger partial charge in [0.1, 0.15) is 0 Å². The number of aromatic nitrogens is 3. The molecular weight excluding hydrogens is 288 g/mol. The fourth-order valence-corrected chi connectivity index (χ4v) is 2.74. The van der Waals surface area contributed by atoms with E-state index < -0.39 is 0 Å². The van der Waals surface area contributed by atoms with Crippen LogP contribution in [0.3, 0.4) is 0 Å². The van der Waals surface area contributed by atoms with Crippen molar-refractivity contribution in [3.05, 3.63) is 41.6 Å². The van der Waals surface area contributed by atoms with Crippen LogP contribution in [0.15, 0.2) is 30.3 Å². The summed E-state index contributed by atoms with van der Waals surface area (Å²) in [7, 11) is 0. The molecule has 0 radical (unpaired) electrons. The molecule has 3 rings (SSSR count). The van der Waals surface area contributed by atoms with Crippen molar-refractivity contribution >= 4 is 38.4 Å². The lowest BCUT2D eigenvalue weighted by Gasteiger charge is -2.01. The van der Waals surface area contributed by atoms with Crippen LogP contribution >= 0.6 is 11.3 Å². The fraction of sp³-hybridized carbons (Fsp3) is 0.0769. The highest BCUT2D eigenvalue weighted by Gasteiger charge is 2.11. The standard InChI is InChI=1S/C13H12N6OS/c1-7-2-3-8-10(6-7)21-13(15-8)16-12(20)9-4-5-11(17-14)19-18-9/h2-6H,14H2,1H3,(H,17,19)(H,15,16,20). The highest BCUT2D eigenvalue weighted by atomic mass is 32.1. The third-order valence-corrected chi connectivity index (χ3v) is 3.74. The number of thiazole rings is 1. The smallest absolute Gasteiger partial charge is 0.277 e. The lowest BCUT2D eigenvalue weighted by molar-refractivity contribution is 0.102. The predicted molar refractivity (Wildman–Crippen MR) is 82.2 cm³/mol. The molecule has 0 unspecified atom stereocenters. The minimum Gasteiger partial charge on any atom is -0.307 e. The molecule has 8 heteroatoms. The lowest BCUT2D eigenvalue weighted by atomic mass is 10.2. The zero-order chi connectivity index (χ0) is 14.8. The number of hydrogen-bond donors (Lipinski definition) is 3. The summed E-state index contributed by atoms with van der Waals surface area (Å²) in [5.74, 6) is 5.22. The van der Waals surface area contributed by atoms with Crippen LogP contribution in [0.25, 0.3) is 10.2 Å². The Bertz CT molecular complexity index is 798. The van der Waals surface area contributed by atoms with E-state index in [9.17, 15) is 4.79 Å². The van der Waals surface area contributed by atoms with Crippen molar-refractivity contribution in [1.82, 2.24) is 15.2 Å². The molecule has 1 amide bonds. The Kier molecular flexibility index (Phi) is 3.46. The highest BCUT2D eigenvalue weighted by molar-refractivity contribution is 7.22. The van der Waals surface area contributed by atoms with Crippen LogP contribution in [-0.2, 0) is 0 Å². The molecule has 0 aliphatic rings. The first-order valence-corrected chi connectivity index (χ1v) is 6.96. The summed E-state index contributed by atoms with van der Waals surface area (Å²) < 4.78 is 1.03. The molecule has 21 heavy (non-hydrogen) atoms. The Morgan fingerprint density at radius 3 is 2.81 bits per heavy atom. The van der Waals surface area contributed by atoms with E-state index in [2.05, 4.69) is 25.9 Å². The first-order valence-electron chi connectivity index (χ1n) is 6.14. The van der Waals surface area contributed by atoms with Gasteiger partial charge in [0, 0.05) is 0 Å². The number of benzene rings is 1. The monoisotopic (exact) mass is 300 g/mol. The van der Waals surface area contributed by atoms with Crippen LogP contribution in [0.5, 0.6) is 0 Å². The summed E-state index contributed by atoms with van der Waals surface area (Å²) >= 11 is 1.42. The van der Waals surface area contributed by atoms with E-state index in [0.29, 0.717) is 10.9 Å². The Morgan fingerprint density at radius 2 is 2.10 bits per heavy atom. The Hall–Kier alpha value is -2.58. The Balaban J connectivity index is 1.81. The number of nitrogens with one attached hydrogen (secondary N) is 2. The molecule has 0 saturated heterocycles. The maximum atomic E-state index is 12.1. The van der Waals surface area contributed by atoms with E-state index in [4.69, 9.17) is 5.84 Å². The van der Waals surface area contributed by atoms with E-state index in [-0.39, 0.29) is 11.6 Å². The molecule has 0 aliphatic heterocycles. The lowest BCUT2D eigenvalue weighted by Crippen LogP contribution is -2.15. The van der Waals surface area contributed by atoms with Gasteiger partial charge in [-0.25, -0.2) is 10.8 Å². The molecule has 1 aromatic carbocycles. The van der Waals surface area contributed by atoms with Gasteiger partial charge in [0.05, 0.1) is 10.2 Å². The van der Waals surface area contributed by atoms with Crippen molar-refractivity contribution in [3.63, 3.8) is 0 Å². The summed E-state index contributed by atoms with van der Waals surface area (Å²) in [4.78, 5) is 16.4. The fourth-order valence-electron chi connectivity index (χ4n) is 1.78. The largest absolute Gasteiger partial charge is 0.307 e. The first-order chi connectivity index (χ1) is 10.2. The van der Waals surface area contributed by atoms with Gasteiger partial charge in [-0.2, -0.15) is 0 Å². The van der Waals surface area contributed by atoms with Crippen LogP contribution < -0.4 is 16.6 Å². The summed E-state index contributed by atoms with van der Waals surface area (Å²) in [5, 5.41) is 10.8. The summed E-state index contributed by atoms with van der Waals surface area (Å²) in [5.41, 5.74) is 4.56. The van der Waals surface area contributed by atoms with Crippen LogP contribution in [0.1, 0.15) is 16.1 Å². The number of rotatable bonds is 3. The maximum Gasteiger partial charge on any atom is 0.277 e. The second-order valence-corrected chi connectivity index (χ2v) is 5.42. The zero-order valence-electron chi connectivity index (χ0n) is 11.1. The third-order valence-electron chi connectivity index (χ3n) is 2.81. The van der Waals surface area contributed by atoms with Gasteiger partial charge >= 0.3 is 0 Å². The van der Waals surface area contributed by atoms with Crippen molar-refractivity contribution in [2.24, 2.45) is 5.84 Å². The average molecular weight is 300 g/mol. The molecular formula is C13H12N6OS. The Morgan fingerprint density at radius 1 is 1.24 bits per heavy atom. The number of carbonyl (C=O) groups is 1. The van der Waals surface area contributed by atoms with E-state index in [1.54, 1.807) is 6.07 Å². The second kappa shape index (κ2) is 5.43. The summed E-state index contributed by atoms with van der Waals surface area (Å²) in [6, 6.07) is 9.05. The third kappa shape index (κ3) is 2.81. The van der Waals surface area contributed by atoms with Crippen LogP contribution in [0.2, 0.25) is 0 Å². The van der Waals surface area contributed by atoms with Crippen LogP contribution in [0.4, 0.5) is 10.9 Å². The number of nitrogen functional groups attached to an aromatic ring is 1. The van der Waals surface area contributed by atoms with Crippen LogP contribution in [-0.4, -0.2) is 21.1 Å². The molecule has 106 valence electrons. The number of nitrogens with zero attached hydrogens (tertiary/aromatic N) is 3. The van der Waals surface area contributed by atoms with Crippen molar-refractivity contribution in [1.29, 1.82) is 0 Å². The quantitative estimate of drug-likeness (QED) is 0.504. The molecule has 2 heterocycles. The van der Waals surface area contributed by atoms with Gasteiger partial charge in [-0.3, -0.25) is 10.1 Å².